The van der Waals surface area contributed by atoms with E-state index in [4.69, 9.17) is 10.5 Å². The summed E-state index contributed by atoms with van der Waals surface area (Å²) >= 11 is 0. The average Bonchev–Trinajstić information content (AvgIpc) is 3.24. The highest BCUT2D eigenvalue weighted by molar-refractivity contribution is 5.92. The minimum atomic E-state index is -1.30. The molecule has 1 aromatic rings. The second-order valence-electron chi connectivity index (χ2n) is 7.06. The van der Waals surface area contributed by atoms with Gasteiger partial charge in [0.15, 0.2) is 0 Å². The van der Waals surface area contributed by atoms with Crippen LogP contribution in [0.1, 0.15) is 31.2 Å². The third kappa shape index (κ3) is 7.61. The number of nitrogens with two attached hydrogens (primary N) is 1. The van der Waals surface area contributed by atoms with E-state index in [2.05, 4.69) is 10.6 Å². The Morgan fingerprint density at radius 2 is 1.90 bits per heavy atom. The van der Waals surface area contributed by atoms with Gasteiger partial charge in [-0.1, -0.05) is 30.3 Å². The van der Waals surface area contributed by atoms with E-state index < -0.39 is 41.9 Å². The summed E-state index contributed by atoms with van der Waals surface area (Å²) in [6, 6.07) is 6.89. The Kier molecular flexibility index (Phi) is 8.79. The summed E-state index contributed by atoms with van der Waals surface area (Å²) in [6.45, 7) is -0.00435. The summed E-state index contributed by atoms with van der Waals surface area (Å²) in [4.78, 5) is 60.3. The first kappa shape index (κ1) is 23.6. The van der Waals surface area contributed by atoms with E-state index in [0.29, 0.717) is 19.4 Å². The van der Waals surface area contributed by atoms with Gasteiger partial charge in [0.25, 0.3) is 0 Å². The number of hydrogen-bond donors (Lipinski definition) is 4. The van der Waals surface area contributed by atoms with E-state index in [1.54, 1.807) is 12.1 Å². The van der Waals surface area contributed by atoms with E-state index in [0.717, 1.165) is 5.56 Å². The molecule has 0 aromatic heterocycles. The van der Waals surface area contributed by atoms with Gasteiger partial charge in [-0.15, -0.1) is 0 Å². The SMILES string of the molecule is NC(=O)CC[C@H](NC(=O)[C@@H]1CCCN1C(=O)CNC(=O)OCc1ccccc1)C(=O)O. The van der Waals surface area contributed by atoms with E-state index >= 15 is 0 Å². The Labute approximate surface area is 178 Å². The molecule has 0 bridgehead atoms. The average molecular weight is 434 g/mol. The molecule has 2 rings (SSSR count). The molecule has 0 radical (unpaired) electrons. The van der Waals surface area contributed by atoms with Gasteiger partial charge in [-0.25, -0.2) is 9.59 Å². The Balaban J connectivity index is 1.83. The topological polar surface area (TPSA) is 168 Å². The van der Waals surface area contributed by atoms with Gasteiger partial charge in [0.1, 0.15) is 25.2 Å². The van der Waals surface area contributed by atoms with Crippen molar-refractivity contribution in [2.45, 2.75) is 44.4 Å². The van der Waals surface area contributed by atoms with E-state index in [-0.39, 0.29) is 26.0 Å². The number of likely N-dealkylation sites (tertiary alicyclic amines) is 1. The number of aliphatic carboxylic acids is 1. The Morgan fingerprint density at radius 1 is 1.19 bits per heavy atom. The van der Waals surface area contributed by atoms with Crippen LogP contribution in [0.4, 0.5) is 4.79 Å². The number of primary amides is 1. The molecule has 31 heavy (non-hydrogen) atoms. The van der Waals surface area contributed by atoms with Crippen molar-refractivity contribution in [2.75, 3.05) is 13.1 Å². The predicted octanol–water partition coefficient (Wildman–Crippen LogP) is -0.261. The predicted molar refractivity (Wildman–Crippen MR) is 107 cm³/mol. The highest BCUT2D eigenvalue weighted by Crippen LogP contribution is 2.18. The highest BCUT2D eigenvalue weighted by atomic mass is 16.5. The molecule has 1 aliphatic heterocycles. The van der Waals surface area contributed by atoms with E-state index in [1.165, 1.54) is 4.90 Å². The number of carbonyl (C=O) groups excluding carboxylic acids is 4. The number of nitrogens with one attached hydrogen (secondary N) is 2. The lowest BCUT2D eigenvalue weighted by atomic mass is 10.1. The van der Waals surface area contributed by atoms with Crippen LogP contribution < -0.4 is 16.4 Å². The van der Waals surface area contributed by atoms with Crippen LogP contribution in [-0.4, -0.2) is 65.0 Å². The molecule has 1 heterocycles. The number of carboxylic acids is 1. The lowest BCUT2D eigenvalue weighted by molar-refractivity contribution is -0.144. The molecule has 1 aliphatic rings. The maximum absolute atomic E-state index is 12.5. The number of nitrogens with zero attached hydrogens (tertiary/aromatic N) is 1. The lowest BCUT2D eigenvalue weighted by Gasteiger charge is -2.25. The van der Waals surface area contributed by atoms with Crippen LogP contribution in [0.3, 0.4) is 0 Å². The number of alkyl carbamates (subject to hydrolysis) is 1. The van der Waals surface area contributed by atoms with Crippen LogP contribution in [-0.2, 0) is 30.5 Å². The summed E-state index contributed by atoms with van der Waals surface area (Å²) in [5, 5.41) is 13.9. The normalized spacial score (nSPS) is 16.3. The fourth-order valence-corrected chi connectivity index (χ4v) is 3.17. The molecule has 1 aromatic carbocycles. The summed E-state index contributed by atoms with van der Waals surface area (Å²) < 4.78 is 5.04. The molecule has 2 atom stereocenters. The van der Waals surface area contributed by atoms with Crippen LogP contribution >= 0.6 is 0 Å². The zero-order chi connectivity index (χ0) is 22.8. The number of carboxylic acid groups (broad SMARTS) is 1. The number of rotatable bonds is 10. The first-order valence-corrected chi connectivity index (χ1v) is 9.83. The van der Waals surface area contributed by atoms with Gasteiger partial charge in [0, 0.05) is 13.0 Å². The Bertz CT molecular complexity index is 815. The van der Waals surface area contributed by atoms with Crippen molar-refractivity contribution >= 4 is 29.8 Å². The Morgan fingerprint density at radius 3 is 2.55 bits per heavy atom. The van der Waals surface area contributed by atoms with Gasteiger partial charge in [0.05, 0.1) is 0 Å². The standard InChI is InChI=1S/C20H26N4O7/c21-16(25)9-8-14(19(28)29)23-18(27)15-7-4-10-24(15)17(26)11-22-20(30)31-12-13-5-2-1-3-6-13/h1-3,5-6,14-15H,4,7-12H2,(H2,21,25)(H,22,30)(H,23,27)(H,28,29)/t14-,15-/m0/s1. The van der Waals surface area contributed by atoms with Crippen LogP contribution in [0.15, 0.2) is 30.3 Å². The third-order valence-corrected chi connectivity index (χ3v) is 4.77. The summed E-state index contributed by atoms with van der Waals surface area (Å²) in [5.74, 6) is -3.09. The van der Waals surface area contributed by atoms with Crippen LogP contribution in [0.2, 0.25) is 0 Å². The molecule has 0 aliphatic carbocycles. The second kappa shape index (κ2) is 11.5. The molecular formula is C20H26N4O7. The van der Waals surface area contributed by atoms with Crippen molar-refractivity contribution in [3.05, 3.63) is 35.9 Å². The van der Waals surface area contributed by atoms with Crippen molar-refractivity contribution in [1.82, 2.24) is 15.5 Å². The first-order chi connectivity index (χ1) is 14.8. The van der Waals surface area contributed by atoms with Gasteiger partial charge in [-0.05, 0) is 24.8 Å². The number of carbonyl (C=O) groups is 5. The molecule has 1 fully saturated rings. The molecule has 0 saturated carbocycles. The molecule has 168 valence electrons. The van der Waals surface area contributed by atoms with Crippen LogP contribution in [0, 0.1) is 0 Å². The minimum Gasteiger partial charge on any atom is -0.480 e. The smallest absolute Gasteiger partial charge is 0.407 e. The summed E-state index contributed by atoms with van der Waals surface area (Å²) in [7, 11) is 0. The molecule has 5 N–H and O–H groups in total. The molecule has 11 heteroatoms. The second-order valence-corrected chi connectivity index (χ2v) is 7.06. The maximum atomic E-state index is 12.5. The zero-order valence-electron chi connectivity index (χ0n) is 16.9. The van der Waals surface area contributed by atoms with Gasteiger partial charge < -0.3 is 31.1 Å². The van der Waals surface area contributed by atoms with E-state index in [1.807, 2.05) is 18.2 Å². The van der Waals surface area contributed by atoms with E-state index in [9.17, 15) is 29.1 Å². The molecule has 1 saturated heterocycles. The van der Waals surface area contributed by atoms with Crippen molar-refractivity contribution in [2.24, 2.45) is 5.73 Å². The molecular weight excluding hydrogens is 408 g/mol. The van der Waals surface area contributed by atoms with Crippen LogP contribution in [0.5, 0.6) is 0 Å². The maximum Gasteiger partial charge on any atom is 0.407 e. The fourth-order valence-electron chi connectivity index (χ4n) is 3.17. The Hall–Kier alpha value is -3.63. The number of benzene rings is 1. The lowest BCUT2D eigenvalue weighted by Crippen LogP contribution is -2.52. The highest BCUT2D eigenvalue weighted by Gasteiger charge is 2.35. The van der Waals surface area contributed by atoms with Gasteiger partial charge in [-0.3, -0.25) is 14.4 Å². The monoisotopic (exact) mass is 434 g/mol. The van der Waals surface area contributed by atoms with Crippen molar-refractivity contribution in [3.8, 4) is 0 Å². The number of hydrogen-bond acceptors (Lipinski definition) is 6. The third-order valence-electron chi connectivity index (χ3n) is 4.77. The zero-order valence-corrected chi connectivity index (χ0v) is 16.9. The molecule has 11 nitrogen and oxygen atoms in total. The molecule has 4 amide bonds. The van der Waals surface area contributed by atoms with Gasteiger partial charge in [0.2, 0.25) is 17.7 Å². The minimum absolute atomic E-state index is 0.0531. The van der Waals surface area contributed by atoms with Crippen LogP contribution in [0.25, 0.3) is 0 Å². The quantitative estimate of drug-likeness (QED) is 0.393. The summed E-state index contributed by atoms with van der Waals surface area (Å²) in [6.07, 6.45) is -0.194. The summed E-state index contributed by atoms with van der Waals surface area (Å²) in [5.41, 5.74) is 5.82. The van der Waals surface area contributed by atoms with Gasteiger partial charge in [-0.2, -0.15) is 0 Å². The van der Waals surface area contributed by atoms with Crippen molar-refractivity contribution < 1.29 is 33.8 Å². The molecule has 0 spiro atoms. The number of ether oxygens (including phenoxy) is 1. The van der Waals surface area contributed by atoms with Crippen molar-refractivity contribution in [1.29, 1.82) is 0 Å². The molecule has 0 unspecified atom stereocenters. The van der Waals surface area contributed by atoms with Gasteiger partial charge >= 0.3 is 12.1 Å². The fraction of sp³-hybridized carbons (Fsp3) is 0.450. The number of amides is 4. The van der Waals surface area contributed by atoms with Crippen molar-refractivity contribution in [3.63, 3.8) is 0 Å². The largest absolute Gasteiger partial charge is 0.480 e. The first-order valence-electron chi connectivity index (χ1n) is 9.83.